The molecule has 2 aromatic rings. The highest BCUT2D eigenvalue weighted by Gasteiger charge is 2.23. The van der Waals surface area contributed by atoms with Crippen LogP contribution in [0.2, 0.25) is 0 Å². The van der Waals surface area contributed by atoms with Crippen molar-refractivity contribution in [3.63, 3.8) is 0 Å². The minimum atomic E-state index is -0.789. The number of rotatable bonds is 6. The van der Waals surface area contributed by atoms with Gasteiger partial charge >= 0.3 is 5.97 Å². The lowest BCUT2D eigenvalue weighted by atomic mass is 9.88. The summed E-state index contributed by atoms with van der Waals surface area (Å²) < 4.78 is 5.70. The van der Waals surface area contributed by atoms with Crippen LogP contribution in [0, 0.1) is 5.92 Å². The molecular weight excluding hydrogens is 264 g/mol. The van der Waals surface area contributed by atoms with Crippen molar-refractivity contribution in [1.29, 1.82) is 0 Å². The van der Waals surface area contributed by atoms with Gasteiger partial charge in [0.15, 0.2) is 0 Å². The van der Waals surface area contributed by atoms with Gasteiger partial charge in [0.05, 0.1) is 5.92 Å². The lowest BCUT2D eigenvalue weighted by Crippen LogP contribution is -2.17. The summed E-state index contributed by atoms with van der Waals surface area (Å²) in [5, 5.41) is 9.29. The fourth-order valence-corrected chi connectivity index (χ4v) is 2.32. The molecule has 0 aromatic heterocycles. The molecule has 0 aliphatic carbocycles. The predicted molar refractivity (Wildman–Crippen MR) is 82.4 cm³/mol. The van der Waals surface area contributed by atoms with E-state index in [-0.39, 0.29) is 5.92 Å². The molecule has 21 heavy (non-hydrogen) atoms. The van der Waals surface area contributed by atoms with Crippen LogP contribution in [-0.4, -0.2) is 11.1 Å². The summed E-state index contributed by atoms with van der Waals surface area (Å²) in [6.07, 6.45) is 0. The van der Waals surface area contributed by atoms with Gasteiger partial charge in [-0.3, -0.25) is 4.79 Å². The molecule has 0 aliphatic rings. The van der Waals surface area contributed by atoms with Crippen molar-refractivity contribution >= 4 is 5.97 Å². The predicted octanol–water partition coefficient (Wildman–Crippen LogP) is 4.09. The molecule has 0 amide bonds. The zero-order valence-electron chi connectivity index (χ0n) is 12.3. The number of ether oxygens (including phenoxy) is 1. The Bertz CT molecular complexity index is 573. The normalized spacial score (nSPS) is 12.1. The highest BCUT2D eigenvalue weighted by molar-refractivity contribution is 5.76. The van der Waals surface area contributed by atoms with Crippen LogP contribution in [0.4, 0.5) is 0 Å². The van der Waals surface area contributed by atoms with E-state index in [0.29, 0.717) is 6.61 Å². The van der Waals surface area contributed by atoms with Crippen molar-refractivity contribution in [2.24, 2.45) is 5.92 Å². The van der Waals surface area contributed by atoms with Crippen LogP contribution in [0.25, 0.3) is 0 Å². The Hall–Kier alpha value is -2.29. The third-order valence-corrected chi connectivity index (χ3v) is 3.42. The summed E-state index contributed by atoms with van der Waals surface area (Å²) in [5.41, 5.74) is 1.91. The topological polar surface area (TPSA) is 46.5 Å². The summed E-state index contributed by atoms with van der Waals surface area (Å²) >= 11 is 0. The van der Waals surface area contributed by atoms with Crippen LogP contribution >= 0.6 is 0 Å². The highest BCUT2D eigenvalue weighted by atomic mass is 16.5. The summed E-state index contributed by atoms with van der Waals surface area (Å²) in [6.45, 7) is 4.34. The smallest absolute Gasteiger partial charge is 0.311 e. The third-order valence-electron chi connectivity index (χ3n) is 3.42. The maximum absolute atomic E-state index is 11.3. The number of aliphatic carboxylic acids is 1. The fourth-order valence-electron chi connectivity index (χ4n) is 2.32. The lowest BCUT2D eigenvalue weighted by molar-refractivity contribution is -0.139. The van der Waals surface area contributed by atoms with E-state index in [4.69, 9.17) is 4.74 Å². The van der Waals surface area contributed by atoms with Crippen molar-refractivity contribution in [1.82, 2.24) is 0 Å². The van der Waals surface area contributed by atoms with Gasteiger partial charge in [0.1, 0.15) is 12.4 Å². The van der Waals surface area contributed by atoms with Crippen LogP contribution in [0.15, 0.2) is 54.6 Å². The molecule has 0 aliphatic heterocycles. The SMILES string of the molecule is CC(C)C(C(=O)O)c1ccc(OCc2ccccc2)cc1. The Balaban J connectivity index is 2.03. The van der Waals surface area contributed by atoms with E-state index >= 15 is 0 Å². The molecule has 1 unspecified atom stereocenters. The number of benzene rings is 2. The van der Waals surface area contributed by atoms with E-state index in [1.54, 1.807) is 0 Å². The zero-order chi connectivity index (χ0) is 15.2. The maximum atomic E-state index is 11.3. The largest absolute Gasteiger partial charge is 0.489 e. The third kappa shape index (κ3) is 4.09. The highest BCUT2D eigenvalue weighted by Crippen LogP contribution is 2.26. The van der Waals surface area contributed by atoms with E-state index in [1.807, 2.05) is 68.4 Å². The summed E-state index contributed by atoms with van der Waals surface area (Å²) in [7, 11) is 0. The summed E-state index contributed by atoms with van der Waals surface area (Å²) in [4.78, 5) is 11.3. The van der Waals surface area contributed by atoms with Crippen molar-refractivity contribution < 1.29 is 14.6 Å². The Morgan fingerprint density at radius 1 is 1.05 bits per heavy atom. The number of hydrogen-bond acceptors (Lipinski definition) is 2. The minimum Gasteiger partial charge on any atom is -0.489 e. The van der Waals surface area contributed by atoms with Crippen molar-refractivity contribution in [2.75, 3.05) is 0 Å². The molecule has 2 rings (SSSR count). The molecule has 0 heterocycles. The van der Waals surface area contributed by atoms with Crippen LogP contribution in [0.5, 0.6) is 5.75 Å². The molecular formula is C18H20O3. The molecule has 3 heteroatoms. The average molecular weight is 284 g/mol. The van der Waals surface area contributed by atoms with Gasteiger partial charge < -0.3 is 9.84 Å². The van der Waals surface area contributed by atoms with Gasteiger partial charge in [0, 0.05) is 0 Å². The Kier molecular flexibility index (Phi) is 4.99. The lowest BCUT2D eigenvalue weighted by Gasteiger charge is -2.17. The molecule has 0 spiro atoms. The van der Waals surface area contributed by atoms with Gasteiger partial charge in [-0.05, 0) is 29.2 Å². The zero-order valence-corrected chi connectivity index (χ0v) is 12.3. The first-order valence-electron chi connectivity index (χ1n) is 7.07. The second-order valence-corrected chi connectivity index (χ2v) is 5.40. The van der Waals surface area contributed by atoms with E-state index < -0.39 is 11.9 Å². The van der Waals surface area contributed by atoms with Crippen LogP contribution in [0.1, 0.15) is 30.9 Å². The maximum Gasteiger partial charge on any atom is 0.311 e. The number of carboxylic acids is 1. The Morgan fingerprint density at radius 2 is 1.67 bits per heavy atom. The van der Waals surface area contributed by atoms with Crippen molar-refractivity contribution in [2.45, 2.75) is 26.4 Å². The monoisotopic (exact) mass is 284 g/mol. The standard InChI is InChI=1S/C18H20O3/c1-13(2)17(18(19)20)15-8-10-16(11-9-15)21-12-14-6-4-3-5-7-14/h3-11,13,17H,12H2,1-2H3,(H,19,20). The number of carbonyl (C=O) groups is 1. The van der Waals surface area contributed by atoms with Crippen molar-refractivity contribution in [3.05, 3.63) is 65.7 Å². The second kappa shape index (κ2) is 6.93. The molecule has 1 atom stereocenters. The van der Waals surface area contributed by atoms with Gasteiger partial charge in [-0.25, -0.2) is 0 Å². The van der Waals surface area contributed by atoms with Crippen LogP contribution < -0.4 is 4.74 Å². The Morgan fingerprint density at radius 3 is 2.19 bits per heavy atom. The molecule has 0 bridgehead atoms. The van der Waals surface area contributed by atoms with Gasteiger partial charge in [0.25, 0.3) is 0 Å². The van der Waals surface area contributed by atoms with Crippen LogP contribution in [0.3, 0.4) is 0 Å². The Labute approximate surface area is 125 Å². The molecule has 2 aromatic carbocycles. The fraction of sp³-hybridized carbons (Fsp3) is 0.278. The van der Waals surface area contributed by atoms with Crippen LogP contribution in [-0.2, 0) is 11.4 Å². The summed E-state index contributed by atoms with van der Waals surface area (Å²) in [6, 6.07) is 17.3. The van der Waals surface area contributed by atoms with Gasteiger partial charge in [0.2, 0.25) is 0 Å². The molecule has 0 saturated carbocycles. The first-order valence-corrected chi connectivity index (χ1v) is 7.07. The first-order chi connectivity index (χ1) is 10.1. The summed E-state index contributed by atoms with van der Waals surface area (Å²) in [5.74, 6) is -0.467. The van der Waals surface area contributed by atoms with E-state index in [9.17, 15) is 9.90 Å². The second-order valence-electron chi connectivity index (χ2n) is 5.40. The molecule has 1 N–H and O–H groups in total. The number of hydrogen-bond donors (Lipinski definition) is 1. The average Bonchev–Trinajstić information content (AvgIpc) is 2.47. The minimum absolute atomic E-state index is 0.0542. The van der Waals surface area contributed by atoms with E-state index in [0.717, 1.165) is 16.9 Å². The molecule has 0 fully saturated rings. The molecule has 3 nitrogen and oxygen atoms in total. The van der Waals surface area contributed by atoms with Crippen molar-refractivity contribution in [3.8, 4) is 5.75 Å². The molecule has 0 radical (unpaired) electrons. The van der Waals surface area contributed by atoms with E-state index in [1.165, 1.54) is 0 Å². The number of carboxylic acid groups (broad SMARTS) is 1. The molecule has 0 saturated heterocycles. The molecule has 110 valence electrons. The quantitative estimate of drug-likeness (QED) is 0.869. The van der Waals surface area contributed by atoms with E-state index in [2.05, 4.69) is 0 Å². The van der Waals surface area contributed by atoms with Gasteiger partial charge in [-0.2, -0.15) is 0 Å². The van der Waals surface area contributed by atoms with Gasteiger partial charge in [-0.1, -0.05) is 56.3 Å². The van der Waals surface area contributed by atoms with Gasteiger partial charge in [-0.15, -0.1) is 0 Å². The first kappa shape index (κ1) is 15.1.